The smallest absolute Gasteiger partial charge is 0.0515 e. The van der Waals surface area contributed by atoms with E-state index in [-0.39, 0.29) is 0 Å². The van der Waals surface area contributed by atoms with Crippen LogP contribution in [0.3, 0.4) is 0 Å². The maximum absolute atomic E-state index is 3.45. The van der Waals surface area contributed by atoms with Crippen LogP contribution < -0.4 is 5.32 Å². The van der Waals surface area contributed by atoms with Gasteiger partial charge in [-0.2, -0.15) is 0 Å². The number of rotatable bonds is 1. The van der Waals surface area contributed by atoms with E-state index in [1.165, 1.54) is 29.3 Å². The highest BCUT2D eigenvalue weighted by molar-refractivity contribution is 5.87. The molecule has 0 spiro atoms. The Hall–Kier alpha value is -1.28. The van der Waals surface area contributed by atoms with Gasteiger partial charge in [-0.15, -0.1) is 0 Å². The molecule has 0 radical (unpaired) electrons. The second kappa shape index (κ2) is 4.19. The van der Waals surface area contributed by atoms with Crippen molar-refractivity contribution < 1.29 is 0 Å². The van der Waals surface area contributed by atoms with Crippen LogP contribution in [0, 0.1) is 6.92 Å². The summed E-state index contributed by atoms with van der Waals surface area (Å²) in [5, 5.41) is 4.87. The van der Waals surface area contributed by atoms with E-state index in [1.807, 2.05) is 0 Å². The minimum Gasteiger partial charge on any atom is -0.350 e. The zero-order valence-electron chi connectivity index (χ0n) is 10.7. The molecular weight excluding hydrogens is 208 g/mol. The molecule has 0 saturated carbocycles. The number of piperidine rings is 1. The second-order valence-corrected chi connectivity index (χ2v) is 5.19. The summed E-state index contributed by atoms with van der Waals surface area (Å²) < 4.78 is 2.29. The molecule has 2 nitrogen and oxygen atoms in total. The maximum atomic E-state index is 3.45. The minimum absolute atomic E-state index is 0.730. The van der Waals surface area contributed by atoms with Crippen LogP contribution in [0.2, 0.25) is 0 Å². The van der Waals surface area contributed by atoms with Crippen LogP contribution in [0.5, 0.6) is 0 Å². The molecule has 0 amide bonds. The van der Waals surface area contributed by atoms with Crippen molar-refractivity contribution in [1.29, 1.82) is 0 Å². The summed E-state index contributed by atoms with van der Waals surface area (Å²) in [6.45, 7) is 4.52. The molecule has 90 valence electrons. The Bertz CT molecular complexity index is 533. The van der Waals surface area contributed by atoms with E-state index in [2.05, 4.69) is 48.3 Å². The molecule has 0 aliphatic carbocycles. The lowest BCUT2D eigenvalue weighted by Crippen LogP contribution is -2.26. The molecule has 1 aliphatic heterocycles. The largest absolute Gasteiger partial charge is 0.350 e. The van der Waals surface area contributed by atoms with Gasteiger partial charge in [-0.3, -0.25) is 0 Å². The van der Waals surface area contributed by atoms with Gasteiger partial charge < -0.3 is 9.88 Å². The Morgan fingerprint density at radius 2 is 2.00 bits per heavy atom. The van der Waals surface area contributed by atoms with Crippen LogP contribution in [-0.4, -0.2) is 17.7 Å². The number of hydrogen-bond acceptors (Lipinski definition) is 1. The molecule has 17 heavy (non-hydrogen) atoms. The van der Waals surface area contributed by atoms with Crippen LogP contribution in [0.25, 0.3) is 10.9 Å². The van der Waals surface area contributed by atoms with E-state index in [4.69, 9.17) is 0 Å². The standard InChI is InChI=1S/C15H20N2/c1-11-10-17(2)15-13(11)4-3-5-14(15)12-6-8-16-9-7-12/h3-5,10,12,16H,6-9H2,1-2H3. The zero-order chi connectivity index (χ0) is 11.8. The second-order valence-electron chi connectivity index (χ2n) is 5.19. The van der Waals surface area contributed by atoms with E-state index >= 15 is 0 Å². The Morgan fingerprint density at radius 3 is 2.76 bits per heavy atom. The SMILES string of the molecule is Cc1cn(C)c2c(C3CCNCC3)cccc12. The molecule has 0 unspecified atom stereocenters. The Balaban J connectivity index is 2.15. The van der Waals surface area contributed by atoms with Crippen molar-refractivity contribution in [2.24, 2.45) is 7.05 Å². The van der Waals surface area contributed by atoms with Gasteiger partial charge in [0.2, 0.25) is 0 Å². The van der Waals surface area contributed by atoms with Crippen molar-refractivity contribution in [3.05, 3.63) is 35.5 Å². The number of nitrogens with one attached hydrogen (secondary N) is 1. The van der Waals surface area contributed by atoms with Gasteiger partial charge in [-0.1, -0.05) is 18.2 Å². The fourth-order valence-corrected chi connectivity index (χ4v) is 3.16. The summed E-state index contributed by atoms with van der Waals surface area (Å²) in [5.41, 5.74) is 4.37. The van der Waals surface area contributed by atoms with E-state index in [9.17, 15) is 0 Å². The maximum Gasteiger partial charge on any atom is 0.0515 e. The molecule has 0 bridgehead atoms. The molecule has 1 aromatic heterocycles. The summed E-state index contributed by atoms with van der Waals surface area (Å²) in [7, 11) is 2.17. The first-order valence-electron chi connectivity index (χ1n) is 6.52. The molecule has 3 rings (SSSR count). The fraction of sp³-hybridized carbons (Fsp3) is 0.467. The molecular formula is C15H20N2. The number of benzene rings is 1. The normalized spacial score (nSPS) is 17.8. The highest BCUT2D eigenvalue weighted by Gasteiger charge is 2.19. The predicted octanol–water partition coefficient (Wildman–Crippen LogP) is 2.95. The molecule has 1 saturated heterocycles. The Labute approximate surface area is 103 Å². The van der Waals surface area contributed by atoms with Crippen LogP contribution in [0.4, 0.5) is 0 Å². The monoisotopic (exact) mass is 228 g/mol. The molecule has 1 aromatic carbocycles. The summed E-state index contributed by atoms with van der Waals surface area (Å²) in [5.74, 6) is 0.730. The molecule has 2 heteroatoms. The van der Waals surface area contributed by atoms with Crippen molar-refractivity contribution in [2.75, 3.05) is 13.1 Å². The predicted molar refractivity (Wildman–Crippen MR) is 72.5 cm³/mol. The van der Waals surface area contributed by atoms with Crippen LogP contribution in [0.15, 0.2) is 24.4 Å². The van der Waals surface area contributed by atoms with Crippen molar-refractivity contribution in [1.82, 2.24) is 9.88 Å². The number of hydrogen-bond donors (Lipinski definition) is 1. The zero-order valence-corrected chi connectivity index (χ0v) is 10.7. The number of aromatic nitrogens is 1. The quantitative estimate of drug-likeness (QED) is 0.794. The molecule has 1 fully saturated rings. The first-order valence-corrected chi connectivity index (χ1v) is 6.52. The van der Waals surface area contributed by atoms with E-state index in [1.54, 1.807) is 5.56 Å². The summed E-state index contributed by atoms with van der Waals surface area (Å²) in [6.07, 6.45) is 4.78. The minimum atomic E-state index is 0.730. The number of nitrogens with zero attached hydrogens (tertiary/aromatic N) is 1. The van der Waals surface area contributed by atoms with Crippen LogP contribution in [0.1, 0.15) is 29.9 Å². The third-order valence-electron chi connectivity index (χ3n) is 4.01. The van der Waals surface area contributed by atoms with Gasteiger partial charge in [0.25, 0.3) is 0 Å². The van der Waals surface area contributed by atoms with Crippen LogP contribution in [-0.2, 0) is 7.05 Å². The van der Waals surface area contributed by atoms with Gasteiger partial charge >= 0.3 is 0 Å². The van der Waals surface area contributed by atoms with Gasteiger partial charge in [-0.25, -0.2) is 0 Å². The molecule has 2 heterocycles. The van der Waals surface area contributed by atoms with Gasteiger partial charge in [0.05, 0.1) is 5.52 Å². The highest BCUT2D eigenvalue weighted by Crippen LogP contribution is 2.32. The summed E-state index contributed by atoms with van der Waals surface area (Å²) >= 11 is 0. The average molecular weight is 228 g/mol. The van der Waals surface area contributed by atoms with Crippen molar-refractivity contribution in [3.8, 4) is 0 Å². The topological polar surface area (TPSA) is 17.0 Å². The van der Waals surface area contributed by atoms with E-state index < -0.39 is 0 Å². The first-order chi connectivity index (χ1) is 8.27. The summed E-state index contributed by atoms with van der Waals surface area (Å²) in [4.78, 5) is 0. The van der Waals surface area contributed by atoms with Gasteiger partial charge in [-0.05, 0) is 49.9 Å². The number of aryl methyl sites for hydroxylation is 2. The van der Waals surface area contributed by atoms with Crippen molar-refractivity contribution in [2.45, 2.75) is 25.7 Å². The van der Waals surface area contributed by atoms with Crippen LogP contribution >= 0.6 is 0 Å². The van der Waals surface area contributed by atoms with Crippen molar-refractivity contribution >= 4 is 10.9 Å². The number of para-hydroxylation sites is 1. The lowest BCUT2D eigenvalue weighted by atomic mass is 9.89. The van der Waals surface area contributed by atoms with Crippen molar-refractivity contribution in [3.63, 3.8) is 0 Å². The van der Waals surface area contributed by atoms with E-state index in [0.717, 1.165) is 19.0 Å². The Kier molecular flexibility index (Phi) is 2.67. The molecule has 0 atom stereocenters. The molecule has 1 aliphatic rings. The van der Waals surface area contributed by atoms with Gasteiger partial charge in [0, 0.05) is 18.6 Å². The lowest BCUT2D eigenvalue weighted by Gasteiger charge is -2.24. The third-order valence-corrected chi connectivity index (χ3v) is 4.01. The first kappa shape index (κ1) is 10.8. The molecule has 2 aromatic rings. The fourth-order valence-electron chi connectivity index (χ4n) is 3.16. The number of fused-ring (bicyclic) bond motifs is 1. The van der Waals surface area contributed by atoms with E-state index in [0.29, 0.717) is 0 Å². The van der Waals surface area contributed by atoms with Gasteiger partial charge in [0.15, 0.2) is 0 Å². The summed E-state index contributed by atoms with van der Waals surface area (Å²) in [6, 6.07) is 6.78. The average Bonchev–Trinajstić information content (AvgIpc) is 2.66. The lowest BCUT2D eigenvalue weighted by molar-refractivity contribution is 0.461. The van der Waals surface area contributed by atoms with Gasteiger partial charge in [0.1, 0.15) is 0 Å². The third kappa shape index (κ3) is 1.77. The Morgan fingerprint density at radius 1 is 1.24 bits per heavy atom. The molecule has 1 N–H and O–H groups in total. The highest BCUT2D eigenvalue weighted by atomic mass is 14.9.